The molecule has 4 nitrogen and oxygen atoms in total. The standard InChI is InChI=1S/C10H11BrClN3O/c1-15-3-2-8(10(15)16)14-9-7(12)4-6(11)5-13-9/h4-5,8H,2-3H2,1H3,(H,13,14). The summed E-state index contributed by atoms with van der Waals surface area (Å²) < 4.78 is 0.818. The SMILES string of the molecule is CN1CCC(Nc2ncc(Br)cc2Cl)C1=O. The van der Waals surface area contributed by atoms with Gasteiger partial charge in [-0.15, -0.1) is 0 Å². The molecule has 0 radical (unpaired) electrons. The van der Waals surface area contributed by atoms with Crippen molar-refractivity contribution >= 4 is 39.3 Å². The maximum atomic E-state index is 11.7. The predicted molar refractivity (Wildman–Crippen MR) is 66.6 cm³/mol. The molecule has 1 unspecified atom stereocenters. The fraction of sp³-hybridized carbons (Fsp3) is 0.400. The number of amides is 1. The number of carbonyl (C=O) groups is 1. The fourth-order valence-electron chi connectivity index (χ4n) is 1.64. The van der Waals surface area contributed by atoms with Gasteiger partial charge in [0.25, 0.3) is 0 Å². The number of likely N-dealkylation sites (tertiary alicyclic amines) is 1. The highest BCUT2D eigenvalue weighted by Gasteiger charge is 2.29. The largest absolute Gasteiger partial charge is 0.357 e. The minimum Gasteiger partial charge on any atom is -0.357 e. The number of carbonyl (C=O) groups excluding carboxylic acids is 1. The lowest BCUT2D eigenvalue weighted by Gasteiger charge is -2.13. The van der Waals surface area contributed by atoms with Gasteiger partial charge in [0.1, 0.15) is 11.9 Å². The highest BCUT2D eigenvalue weighted by Crippen LogP contribution is 2.25. The average Bonchev–Trinajstić information content (AvgIpc) is 2.54. The third-order valence-corrected chi connectivity index (χ3v) is 3.27. The van der Waals surface area contributed by atoms with Gasteiger partial charge in [-0.2, -0.15) is 0 Å². The van der Waals surface area contributed by atoms with Crippen molar-refractivity contribution in [2.75, 3.05) is 18.9 Å². The number of halogens is 2. The van der Waals surface area contributed by atoms with Crippen LogP contribution < -0.4 is 5.32 Å². The third-order valence-electron chi connectivity index (χ3n) is 2.55. The van der Waals surface area contributed by atoms with E-state index in [1.165, 1.54) is 0 Å². The summed E-state index contributed by atoms with van der Waals surface area (Å²) in [5.41, 5.74) is 0. The Labute approximate surface area is 107 Å². The van der Waals surface area contributed by atoms with Crippen molar-refractivity contribution in [3.8, 4) is 0 Å². The van der Waals surface area contributed by atoms with Gasteiger partial charge < -0.3 is 10.2 Å². The van der Waals surface area contributed by atoms with Gasteiger partial charge >= 0.3 is 0 Å². The van der Waals surface area contributed by atoms with Gasteiger partial charge in [0, 0.05) is 24.3 Å². The van der Waals surface area contributed by atoms with Crippen molar-refractivity contribution in [2.24, 2.45) is 0 Å². The van der Waals surface area contributed by atoms with Crippen LogP contribution in [0.4, 0.5) is 5.82 Å². The lowest BCUT2D eigenvalue weighted by Crippen LogP contribution is -2.31. The second-order valence-corrected chi connectivity index (χ2v) is 5.05. The second kappa shape index (κ2) is 4.59. The number of aromatic nitrogens is 1. The Morgan fingerprint density at radius 3 is 3.00 bits per heavy atom. The predicted octanol–water partition coefficient (Wildman–Crippen LogP) is 2.14. The monoisotopic (exact) mass is 303 g/mol. The Kier molecular flexibility index (Phi) is 3.35. The summed E-state index contributed by atoms with van der Waals surface area (Å²) in [4.78, 5) is 17.5. The van der Waals surface area contributed by atoms with Crippen LogP contribution in [0.25, 0.3) is 0 Å². The highest BCUT2D eigenvalue weighted by atomic mass is 79.9. The van der Waals surface area contributed by atoms with E-state index in [1.807, 2.05) is 0 Å². The molecule has 1 aliphatic heterocycles. The maximum absolute atomic E-state index is 11.7. The Morgan fingerprint density at radius 1 is 1.69 bits per heavy atom. The molecule has 0 aromatic carbocycles. The lowest BCUT2D eigenvalue weighted by atomic mass is 10.2. The first-order valence-corrected chi connectivity index (χ1v) is 6.07. The first-order valence-electron chi connectivity index (χ1n) is 4.90. The molecule has 0 aliphatic carbocycles. The van der Waals surface area contributed by atoms with Crippen LogP contribution in [0.1, 0.15) is 6.42 Å². The van der Waals surface area contributed by atoms with Crippen LogP contribution in [-0.4, -0.2) is 35.4 Å². The van der Waals surface area contributed by atoms with Gasteiger partial charge in [-0.25, -0.2) is 4.98 Å². The van der Waals surface area contributed by atoms with Crippen molar-refractivity contribution in [3.05, 3.63) is 21.8 Å². The van der Waals surface area contributed by atoms with Crippen molar-refractivity contribution < 1.29 is 4.79 Å². The van der Waals surface area contributed by atoms with Gasteiger partial charge in [0.15, 0.2) is 0 Å². The minimum atomic E-state index is -0.212. The molecule has 1 fully saturated rings. The van der Waals surface area contributed by atoms with Crippen LogP contribution in [0.15, 0.2) is 16.7 Å². The molecule has 1 aromatic rings. The molecular weight excluding hydrogens is 293 g/mol. The molecule has 0 saturated carbocycles. The van der Waals surface area contributed by atoms with Crippen LogP contribution in [-0.2, 0) is 4.79 Å². The topological polar surface area (TPSA) is 45.2 Å². The zero-order chi connectivity index (χ0) is 11.7. The Hall–Kier alpha value is -0.810. The number of nitrogens with zero attached hydrogens (tertiary/aromatic N) is 2. The Balaban J connectivity index is 2.12. The zero-order valence-electron chi connectivity index (χ0n) is 8.70. The van der Waals surface area contributed by atoms with Crippen LogP contribution >= 0.6 is 27.5 Å². The van der Waals surface area contributed by atoms with Gasteiger partial charge in [-0.05, 0) is 28.4 Å². The molecule has 86 valence electrons. The third kappa shape index (κ3) is 2.30. The number of pyridine rings is 1. The molecule has 16 heavy (non-hydrogen) atoms. The quantitative estimate of drug-likeness (QED) is 0.910. The van der Waals surface area contributed by atoms with Gasteiger partial charge in [-0.1, -0.05) is 11.6 Å². The van der Waals surface area contributed by atoms with Crippen LogP contribution in [0.3, 0.4) is 0 Å². The summed E-state index contributed by atoms with van der Waals surface area (Å²) in [5, 5.41) is 3.57. The highest BCUT2D eigenvalue weighted by molar-refractivity contribution is 9.10. The van der Waals surface area contributed by atoms with Crippen molar-refractivity contribution in [3.63, 3.8) is 0 Å². The molecule has 2 rings (SSSR count). The van der Waals surface area contributed by atoms with Crippen LogP contribution in [0.2, 0.25) is 5.02 Å². The zero-order valence-corrected chi connectivity index (χ0v) is 11.0. The number of anilines is 1. The van der Waals surface area contributed by atoms with E-state index in [4.69, 9.17) is 11.6 Å². The van der Waals surface area contributed by atoms with E-state index in [1.54, 1.807) is 24.2 Å². The molecule has 1 aromatic heterocycles. The summed E-state index contributed by atoms with van der Waals surface area (Å²) in [6.07, 6.45) is 2.43. The molecular formula is C10H11BrClN3O. The van der Waals surface area contributed by atoms with Crippen molar-refractivity contribution in [1.29, 1.82) is 0 Å². The van der Waals surface area contributed by atoms with Gasteiger partial charge in [0.2, 0.25) is 5.91 Å². The maximum Gasteiger partial charge on any atom is 0.244 e. The smallest absolute Gasteiger partial charge is 0.244 e. The van der Waals surface area contributed by atoms with E-state index >= 15 is 0 Å². The number of hydrogen-bond donors (Lipinski definition) is 1. The Bertz CT molecular complexity index is 427. The molecule has 2 heterocycles. The summed E-state index contributed by atoms with van der Waals surface area (Å²) in [7, 11) is 1.79. The molecule has 0 bridgehead atoms. The lowest BCUT2D eigenvalue weighted by molar-refractivity contribution is -0.127. The number of likely N-dealkylation sites (N-methyl/N-ethyl adjacent to an activating group) is 1. The summed E-state index contributed by atoms with van der Waals surface area (Å²) in [5.74, 6) is 0.638. The molecule has 1 N–H and O–H groups in total. The van der Waals surface area contributed by atoms with Crippen molar-refractivity contribution in [2.45, 2.75) is 12.5 Å². The summed E-state index contributed by atoms with van der Waals surface area (Å²) in [6.45, 7) is 0.768. The van der Waals surface area contributed by atoms with Gasteiger partial charge in [0.05, 0.1) is 5.02 Å². The van der Waals surface area contributed by atoms with E-state index < -0.39 is 0 Å². The Morgan fingerprint density at radius 2 is 2.44 bits per heavy atom. The molecule has 6 heteroatoms. The average molecular weight is 305 g/mol. The molecule has 1 aliphatic rings. The summed E-state index contributed by atoms with van der Waals surface area (Å²) in [6, 6.07) is 1.54. The summed E-state index contributed by atoms with van der Waals surface area (Å²) >= 11 is 9.29. The second-order valence-electron chi connectivity index (χ2n) is 3.73. The van der Waals surface area contributed by atoms with Crippen LogP contribution in [0, 0.1) is 0 Å². The minimum absolute atomic E-state index is 0.0841. The van der Waals surface area contributed by atoms with Crippen LogP contribution in [0.5, 0.6) is 0 Å². The van der Waals surface area contributed by atoms with E-state index in [0.29, 0.717) is 10.8 Å². The molecule has 1 atom stereocenters. The van der Waals surface area contributed by atoms with Gasteiger partial charge in [-0.3, -0.25) is 4.79 Å². The van der Waals surface area contributed by atoms with E-state index in [0.717, 1.165) is 17.4 Å². The molecule has 0 spiro atoms. The first-order chi connectivity index (χ1) is 7.58. The van der Waals surface area contributed by atoms with E-state index in [-0.39, 0.29) is 11.9 Å². The first kappa shape index (κ1) is 11.7. The fourth-order valence-corrected chi connectivity index (χ4v) is 2.33. The van der Waals surface area contributed by atoms with E-state index in [2.05, 4.69) is 26.2 Å². The van der Waals surface area contributed by atoms with E-state index in [9.17, 15) is 4.79 Å². The number of rotatable bonds is 2. The molecule has 1 amide bonds. The number of hydrogen-bond acceptors (Lipinski definition) is 3. The molecule has 1 saturated heterocycles. The van der Waals surface area contributed by atoms with Crippen molar-refractivity contribution in [1.82, 2.24) is 9.88 Å². The number of nitrogens with one attached hydrogen (secondary N) is 1. The normalized spacial score (nSPS) is 20.3.